The summed E-state index contributed by atoms with van der Waals surface area (Å²) in [5.74, 6) is -0.0321. The molecular weight excluding hydrogens is 411 g/mol. The number of rotatable bonds is 2. The first kappa shape index (κ1) is 20.0. The molecule has 7 nitrogen and oxygen atoms in total. The third kappa shape index (κ3) is 3.48. The molecule has 3 aromatic rings. The lowest BCUT2D eigenvalue weighted by Gasteiger charge is -2.29. The highest BCUT2D eigenvalue weighted by molar-refractivity contribution is 5.94. The van der Waals surface area contributed by atoms with Crippen LogP contribution >= 0.6 is 0 Å². The Morgan fingerprint density at radius 2 is 2.06 bits per heavy atom. The molecule has 5 rings (SSSR count). The van der Waals surface area contributed by atoms with E-state index >= 15 is 0 Å². The van der Waals surface area contributed by atoms with E-state index in [1.807, 2.05) is 4.68 Å². The zero-order chi connectivity index (χ0) is 21.8. The molecule has 5 heterocycles. The van der Waals surface area contributed by atoms with E-state index < -0.39 is 11.7 Å². The Morgan fingerprint density at radius 1 is 1.29 bits per heavy atom. The first-order chi connectivity index (χ1) is 14.8. The van der Waals surface area contributed by atoms with Crippen molar-refractivity contribution in [2.75, 3.05) is 19.8 Å². The molecule has 164 valence electrons. The smallest absolute Gasteiger partial charge is 0.381 e. The van der Waals surface area contributed by atoms with E-state index in [4.69, 9.17) is 9.84 Å². The van der Waals surface area contributed by atoms with Crippen LogP contribution in [0.5, 0.6) is 0 Å². The van der Waals surface area contributed by atoms with Crippen molar-refractivity contribution in [2.45, 2.75) is 44.9 Å². The van der Waals surface area contributed by atoms with Gasteiger partial charge in [0.15, 0.2) is 0 Å². The minimum atomic E-state index is -4.48. The molecule has 0 aliphatic carbocycles. The van der Waals surface area contributed by atoms with Crippen LogP contribution in [0.4, 0.5) is 13.2 Å². The maximum absolute atomic E-state index is 13.3. The van der Waals surface area contributed by atoms with Crippen LogP contribution in [-0.4, -0.2) is 50.3 Å². The summed E-state index contributed by atoms with van der Waals surface area (Å²) in [6.45, 7) is 3.83. The second-order valence-electron chi connectivity index (χ2n) is 8.07. The summed E-state index contributed by atoms with van der Waals surface area (Å²) in [7, 11) is 0. The molecule has 1 amide bonds. The summed E-state index contributed by atoms with van der Waals surface area (Å²) in [5, 5.41) is 5.26. The fourth-order valence-electron chi connectivity index (χ4n) is 4.52. The van der Waals surface area contributed by atoms with Gasteiger partial charge in [0.1, 0.15) is 5.65 Å². The Bertz CT molecular complexity index is 1140. The monoisotopic (exact) mass is 433 g/mol. The maximum Gasteiger partial charge on any atom is 0.417 e. The number of amides is 1. The number of aromatic amines is 1. The molecule has 2 aliphatic rings. The van der Waals surface area contributed by atoms with Gasteiger partial charge in [0.05, 0.1) is 17.3 Å². The first-order valence-corrected chi connectivity index (χ1v) is 10.3. The number of H-pyrrole nitrogens is 1. The van der Waals surface area contributed by atoms with Crippen LogP contribution < -0.4 is 0 Å². The van der Waals surface area contributed by atoms with Gasteiger partial charge in [0.25, 0.3) is 0 Å². The molecule has 0 aromatic carbocycles. The highest BCUT2D eigenvalue weighted by Crippen LogP contribution is 2.38. The molecular formula is C21H22F3N5O2. The number of halogens is 3. The number of hydrogen-bond donors (Lipinski definition) is 1. The number of nitrogens with one attached hydrogen (secondary N) is 1. The minimum absolute atomic E-state index is 0.0321. The third-order valence-electron chi connectivity index (χ3n) is 6.18. The second-order valence-corrected chi connectivity index (χ2v) is 8.07. The van der Waals surface area contributed by atoms with Gasteiger partial charge < -0.3 is 14.6 Å². The Kier molecular flexibility index (Phi) is 4.76. The quantitative estimate of drug-likeness (QED) is 0.669. The number of pyridine rings is 1. The first-order valence-electron chi connectivity index (χ1n) is 10.3. The Labute approximate surface area is 176 Å². The molecule has 0 radical (unpaired) electrons. The summed E-state index contributed by atoms with van der Waals surface area (Å²) in [5.41, 5.74) is 2.70. The topological polar surface area (TPSA) is 76.0 Å². The molecule has 0 unspecified atom stereocenters. The van der Waals surface area contributed by atoms with Crippen molar-refractivity contribution in [3.8, 4) is 11.3 Å². The van der Waals surface area contributed by atoms with Crippen LogP contribution in [0.1, 0.15) is 42.6 Å². The average Bonchev–Trinajstić information content (AvgIpc) is 3.34. The normalized spacial score (nSPS) is 17.9. The van der Waals surface area contributed by atoms with Gasteiger partial charge in [-0.25, -0.2) is 4.98 Å². The highest BCUT2D eigenvalue weighted by atomic mass is 19.4. The Balaban J connectivity index is 1.67. The molecule has 1 saturated heterocycles. The van der Waals surface area contributed by atoms with Crippen LogP contribution in [0.3, 0.4) is 0 Å². The molecule has 0 saturated carbocycles. The van der Waals surface area contributed by atoms with Gasteiger partial charge in [-0.2, -0.15) is 18.3 Å². The van der Waals surface area contributed by atoms with E-state index in [0.717, 1.165) is 36.4 Å². The molecule has 0 spiro atoms. The summed E-state index contributed by atoms with van der Waals surface area (Å²) in [6, 6.07) is 1.29. The van der Waals surface area contributed by atoms with Gasteiger partial charge in [-0.15, -0.1) is 0 Å². The van der Waals surface area contributed by atoms with Gasteiger partial charge in [0, 0.05) is 74.2 Å². The van der Waals surface area contributed by atoms with Crippen LogP contribution in [0.15, 0.2) is 18.5 Å². The third-order valence-corrected chi connectivity index (χ3v) is 6.18. The zero-order valence-corrected chi connectivity index (χ0v) is 17.0. The van der Waals surface area contributed by atoms with Crippen molar-refractivity contribution < 1.29 is 22.7 Å². The average molecular weight is 433 g/mol. The lowest BCUT2D eigenvalue weighted by atomic mass is 9.99. The second kappa shape index (κ2) is 7.37. The largest absolute Gasteiger partial charge is 0.417 e. The van der Waals surface area contributed by atoms with E-state index in [9.17, 15) is 18.0 Å². The van der Waals surface area contributed by atoms with Gasteiger partial charge in [-0.1, -0.05) is 0 Å². The number of fused-ring (bicyclic) bond motifs is 2. The van der Waals surface area contributed by atoms with E-state index in [1.165, 1.54) is 6.92 Å². The van der Waals surface area contributed by atoms with E-state index in [1.54, 1.807) is 11.1 Å². The predicted octanol–water partition coefficient (Wildman–Crippen LogP) is 3.70. The van der Waals surface area contributed by atoms with Crippen LogP contribution in [0, 0.1) is 0 Å². The van der Waals surface area contributed by atoms with E-state index in [-0.39, 0.29) is 11.9 Å². The summed E-state index contributed by atoms with van der Waals surface area (Å²) < 4.78 is 47.4. The fraction of sp³-hybridized carbons (Fsp3) is 0.476. The van der Waals surface area contributed by atoms with Crippen molar-refractivity contribution in [3.05, 3.63) is 35.3 Å². The van der Waals surface area contributed by atoms with Crippen molar-refractivity contribution in [3.63, 3.8) is 0 Å². The standard InChI is InChI=1S/C21H22F3N5O2/c1-12(30)28-5-2-18-17(11-28)19(27-29(18)14-3-6-31-7-4-14)16-10-26-20-15(16)8-13(9-25-20)21(22,23)24/h8-10,14H,2-7,11H2,1H3,(H,25,26). The lowest BCUT2D eigenvalue weighted by Crippen LogP contribution is -2.35. The number of alkyl halides is 3. The Morgan fingerprint density at radius 3 is 2.77 bits per heavy atom. The fourth-order valence-corrected chi connectivity index (χ4v) is 4.52. The number of nitrogens with zero attached hydrogens (tertiary/aromatic N) is 4. The number of hydrogen-bond acceptors (Lipinski definition) is 4. The number of aromatic nitrogens is 4. The van der Waals surface area contributed by atoms with Crippen molar-refractivity contribution in [1.29, 1.82) is 0 Å². The minimum Gasteiger partial charge on any atom is -0.381 e. The van der Waals surface area contributed by atoms with E-state index in [2.05, 4.69) is 9.97 Å². The van der Waals surface area contributed by atoms with Crippen molar-refractivity contribution in [2.24, 2.45) is 0 Å². The number of carbonyl (C=O) groups is 1. The van der Waals surface area contributed by atoms with Gasteiger partial charge >= 0.3 is 6.18 Å². The SMILES string of the molecule is CC(=O)N1CCc2c(c(-c3c[nH]c4ncc(C(F)(F)F)cc34)nn2C2CCOCC2)C1. The molecule has 0 atom stereocenters. The zero-order valence-electron chi connectivity index (χ0n) is 17.0. The molecule has 2 aliphatic heterocycles. The molecule has 3 aromatic heterocycles. The molecule has 0 bridgehead atoms. The summed E-state index contributed by atoms with van der Waals surface area (Å²) in [6.07, 6.45) is 0.322. The highest BCUT2D eigenvalue weighted by Gasteiger charge is 2.33. The van der Waals surface area contributed by atoms with Crippen LogP contribution in [0.25, 0.3) is 22.3 Å². The molecule has 31 heavy (non-hydrogen) atoms. The maximum atomic E-state index is 13.3. The summed E-state index contributed by atoms with van der Waals surface area (Å²) in [4.78, 5) is 20.7. The van der Waals surface area contributed by atoms with Gasteiger partial charge in [0.2, 0.25) is 5.91 Å². The van der Waals surface area contributed by atoms with E-state index in [0.29, 0.717) is 55.0 Å². The molecule has 10 heteroatoms. The number of ether oxygens (including phenoxy) is 1. The molecule has 1 N–H and O–H groups in total. The van der Waals surface area contributed by atoms with Crippen LogP contribution in [-0.2, 0) is 28.7 Å². The number of carbonyl (C=O) groups excluding carboxylic acids is 1. The van der Waals surface area contributed by atoms with Crippen molar-refractivity contribution in [1.82, 2.24) is 24.6 Å². The van der Waals surface area contributed by atoms with Crippen LogP contribution in [0.2, 0.25) is 0 Å². The summed E-state index contributed by atoms with van der Waals surface area (Å²) >= 11 is 0. The predicted molar refractivity (Wildman–Crippen MR) is 106 cm³/mol. The molecule has 1 fully saturated rings. The van der Waals surface area contributed by atoms with Gasteiger partial charge in [-0.05, 0) is 18.9 Å². The van der Waals surface area contributed by atoms with Gasteiger partial charge in [-0.3, -0.25) is 9.48 Å². The lowest BCUT2D eigenvalue weighted by molar-refractivity contribution is -0.137. The Hall–Kier alpha value is -2.88. The van der Waals surface area contributed by atoms with Crippen molar-refractivity contribution >= 4 is 16.9 Å².